The monoisotopic (exact) mass is 732 g/mol. The molecule has 0 bridgehead atoms. The zero-order valence-corrected chi connectivity index (χ0v) is 32.7. The number of hydrogen-bond donors (Lipinski definition) is 1. The second-order valence-corrected chi connectivity index (χ2v) is 15.4. The summed E-state index contributed by atoms with van der Waals surface area (Å²) in [4.78, 5) is 23.6. The van der Waals surface area contributed by atoms with Crippen molar-refractivity contribution in [1.29, 1.82) is 0 Å². The van der Waals surface area contributed by atoms with Gasteiger partial charge in [-0.2, -0.15) is 0 Å². The molecule has 0 saturated carbocycles. The van der Waals surface area contributed by atoms with Crippen molar-refractivity contribution in [3.05, 3.63) is 0 Å². The maximum Gasteiger partial charge on any atom is 0.302 e. The Morgan fingerprint density at radius 1 is 0.490 bits per heavy atom. The molecular formula is C37H64O14. The lowest BCUT2D eigenvalue weighted by Crippen LogP contribution is -2.61. The largest absolute Gasteiger partial charge is 0.463 e. The number of aliphatic hydroxyl groups excluding tert-OH is 1. The van der Waals surface area contributed by atoms with Crippen LogP contribution >= 0.6 is 0 Å². The zero-order chi connectivity index (χ0) is 37.9. The minimum atomic E-state index is -0.699. The smallest absolute Gasteiger partial charge is 0.302 e. The number of aliphatic hydroxyl groups is 1. The van der Waals surface area contributed by atoms with E-state index in [0.717, 1.165) is 0 Å². The van der Waals surface area contributed by atoms with Crippen LogP contribution in [0.3, 0.4) is 0 Å². The minimum Gasteiger partial charge on any atom is -0.463 e. The van der Waals surface area contributed by atoms with E-state index >= 15 is 0 Å². The van der Waals surface area contributed by atoms with Crippen molar-refractivity contribution in [2.45, 2.75) is 156 Å². The van der Waals surface area contributed by atoms with Crippen LogP contribution in [0.1, 0.15) is 76.2 Å². The molecule has 1 N–H and O–H groups in total. The third-order valence-electron chi connectivity index (χ3n) is 11.9. The van der Waals surface area contributed by atoms with Crippen LogP contribution in [-0.4, -0.2) is 125 Å². The van der Waals surface area contributed by atoms with Crippen LogP contribution in [0.15, 0.2) is 0 Å². The number of esters is 2. The van der Waals surface area contributed by atoms with Gasteiger partial charge in [0.1, 0.15) is 31.5 Å². The normalized spacial score (nSPS) is 47.8. The van der Waals surface area contributed by atoms with Gasteiger partial charge >= 0.3 is 11.9 Å². The van der Waals surface area contributed by atoms with Crippen molar-refractivity contribution in [3.8, 4) is 0 Å². The van der Waals surface area contributed by atoms with Gasteiger partial charge in [0, 0.05) is 51.7 Å². The van der Waals surface area contributed by atoms with Gasteiger partial charge in [0.05, 0.1) is 36.6 Å². The fourth-order valence-electron chi connectivity index (χ4n) is 7.88. The lowest BCUT2D eigenvalue weighted by atomic mass is 9.83. The van der Waals surface area contributed by atoms with Crippen molar-refractivity contribution in [3.63, 3.8) is 0 Å². The fraction of sp³-hybridized carbons (Fsp3) is 0.946. The molecule has 296 valence electrons. The van der Waals surface area contributed by atoms with Gasteiger partial charge in [-0.3, -0.25) is 9.59 Å². The van der Waals surface area contributed by atoms with Gasteiger partial charge in [0.2, 0.25) is 0 Å². The van der Waals surface area contributed by atoms with Gasteiger partial charge < -0.3 is 57.2 Å². The van der Waals surface area contributed by atoms with Gasteiger partial charge in [-0.1, -0.05) is 48.5 Å². The highest BCUT2D eigenvalue weighted by molar-refractivity contribution is 5.66. The second kappa shape index (κ2) is 18.2. The molecule has 4 aliphatic rings. The number of carbonyl (C=O) groups excluding carboxylic acids is 2. The molecule has 4 fully saturated rings. The minimum absolute atomic E-state index is 0.00476. The second-order valence-electron chi connectivity index (χ2n) is 15.4. The maximum atomic E-state index is 11.9. The summed E-state index contributed by atoms with van der Waals surface area (Å²) in [5.41, 5.74) is 0. The average Bonchev–Trinajstić information content (AvgIpc) is 3.08. The summed E-state index contributed by atoms with van der Waals surface area (Å²) < 4.78 is 67.9. The van der Waals surface area contributed by atoms with Crippen molar-refractivity contribution in [2.75, 3.05) is 27.4 Å². The molecular weight excluding hydrogens is 668 g/mol. The molecule has 20 atom stereocenters. The number of hydrogen-bond acceptors (Lipinski definition) is 14. The van der Waals surface area contributed by atoms with Crippen molar-refractivity contribution in [2.24, 2.45) is 41.4 Å². The van der Waals surface area contributed by atoms with Crippen LogP contribution in [0.2, 0.25) is 0 Å². The van der Waals surface area contributed by atoms with Gasteiger partial charge in [-0.05, 0) is 31.6 Å². The first-order valence-corrected chi connectivity index (χ1v) is 18.6. The van der Waals surface area contributed by atoms with E-state index < -0.39 is 92.0 Å². The summed E-state index contributed by atoms with van der Waals surface area (Å²) in [5, 5.41) is 10.6. The third kappa shape index (κ3) is 9.62. The Hall–Kier alpha value is -1.46. The molecule has 4 heterocycles. The molecule has 0 spiro atoms. The molecule has 0 aromatic carbocycles. The van der Waals surface area contributed by atoms with E-state index in [4.69, 9.17) is 52.1 Å². The van der Waals surface area contributed by atoms with E-state index in [9.17, 15) is 14.7 Å². The van der Waals surface area contributed by atoms with Crippen molar-refractivity contribution >= 4 is 11.9 Å². The Bertz CT molecular complexity index is 1120. The SMILES string of the molecule is COC1C(C)[C@@H](O[C@H]2C(COC(C)=O)O[C@@H](OC)C(C)[C@H]2C)O[C@@H](C)[C@H]1O[C@H]1O[C@H](COC(C)=O)[C@@H](O[C@@H]2OC(C)[C@H](O)[C@H](C)C2C)C(C)C1C. The van der Waals surface area contributed by atoms with Crippen LogP contribution in [0, 0.1) is 41.4 Å². The van der Waals surface area contributed by atoms with Crippen LogP contribution in [0.4, 0.5) is 0 Å². The van der Waals surface area contributed by atoms with E-state index in [-0.39, 0.29) is 54.6 Å². The lowest BCUT2D eigenvalue weighted by Gasteiger charge is -2.51. The molecule has 0 aliphatic carbocycles. The molecule has 4 saturated heterocycles. The summed E-state index contributed by atoms with van der Waals surface area (Å²) in [6.07, 6.45) is -6.98. The number of rotatable bonds is 12. The summed E-state index contributed by atoms with van der Waals surface area (Å²) in [5.74, 6) is -1.46. The zero-order valence-electron chi connectivity index (χ0n) is 32.7. The fourth-order valence-corrected chi connectivity index (χ4v) is 7.88. The van der Waals surface area contributed by atoms with E-state index in [1.165, 1.54) is 13.8 Å². The van der Waals surface area contributed by atoms with Crippen LogP contribution in [-0.2, 0) is 61.7 Å². The highest BCUT2D eigenvalue weighted by Crippen LogP contribution is 2.42. The van der Waals surface area contributed by atoms with Gasteiger partial charge in [0.25, 0.3) is 0 Å². The van der Waals surface area contributed by atoms with E-state index in [1.807, 2.05) is 48.5 Å². The summed E-state index contributed by atoms with van der Waals surface area (Å²) in [6, 6.07) is 0. The molecule has 0 aromatic rings. The number of carbonyl (C=O) groups is 2. The van der Waals surface area contributed by atoms with Crippen molar-refractivity contribution in [1.82, 2.24) is 0 Å². The Balaban J connectivity index is 1.49. The van der Waals surface area contributed by atoms with E-state index in [2.05, 4.69) is 13.8 Å². The molecule has 14 nitrogen and oxygen atoms in total. The number of ether oxygens (including phenoxy) is 11. The lowest BCUT2D eigenvalue weighted by molar-refractivity contribution is -0.365. The Labute approximate surface area is 303 Å². The van der Waals surface area contributed by atoms with E-state index in [0.29, 0.717) is 0 Å². The average molecular weight is 733 g/mol. The molecule has 0 aromatic heterocycles. The first-order valence-electron chi connectivity index (χ1n) is 18.6. The molecule has 4 rings (SSSR count). The molecule has 4 aliphatic heterocycles. The maximum absolute atomic E-state index is 11.9. The first-order chi connectivity index (χ1) is 24.0. The van der Waals surface area contributed by atoms with Crippen LogP contribution in [0.5, 0.6) is 0 Å². The summed E-state index contributed by atoms with van der Waals surface area (Å²) >= 11 is 0. The molecule has 51 heavy (non-hydrogen) atoms. The van der Waals surface area contributed by atoms with Gasteiger partial charge in [-0.25, -0.2) is 0 Å². The quantitative estimate of drug-likeness (QED) is 0.290. The van der Waals surface area contributed by atoms with Crippen LogP contribution in [0.25, 0.3) is 0 Å². The Kier molecular flexibility index (Phi) is 15.1. The number of methoxy groups -OCH3 is 2. The molecule has 14 heteroatoms. The topological polar surface area (TPSA) is 156 Å². The standard InChI is InChI=1S/C37H64O14/c1-16-19(4)35(45-23(8)29(16)40)49-31-18(3)21(6)36(48-28(31)15-44-26(11)39)51-33-24(9)46-37(22(7)32(33)41-12)50-30-17(2)20(5)34(42-13)47-27(30)14-43-25(10)38/h16-24,27-37,40H,14-15H2,1-13H3/t16-,17-,18?,19?,20?,21?,22?,23?,24+,27?,28-,29-,30-,31+,32?,33-,34-,35+,36-,37-/m1/s1. The van der Waals surface area contributed by atoms with E-state index in [1.54, 1.807) is 14.2 Å². The first kappa shape index (κ1) is 42.3. The summed E-state index contributed by atoms with van der Waals surface area (Å²) in [6.45, 7) is 20.7. The van der Waals surface area contributed by atoms with Crippen molar-refractivity contribution < 1.29 is 66.8 Å². The Morgan fingerprint density at radius 3 is 1.39 bits per heavy atom. The third-order valence-corrected chi connectivity index (χ3v) is 11.9. The van der Waals surface area contributed by atoms with Gasteiger partial charge in [-0.15, -0.1) is 0 Å². The molecule has 8 unspecified atom stereocenters. The Morgan fingerprint density at radius 2 is 0.902 bits per heavy atom. The summed E-state index contributed by atoms with van der Waals surface area (Å²) in [7, 11) is 3.23. The molecule has 0 radical (unpaired) electrons. The predicted molar refractivity (Wildman–Crippen MR) is 182 cm³/mol. The van der Waals surface area contributed by atoms with Crippen LogP contribution < -0.4 is 0 Å². The predicted octanol–water partition coefficient (Wildman–Crippen LogP) is 3.68. The van der Waals surface area contributed by atoms with Gasteiger partial charge in [0.15, 0.2) is 25.2 Å². The highest BCUT2D eigenvalue weighted by atomic mass is 16.8. The molecule has 0 amide bonds. The highest BCUT2D eigenvalue weighted by Gasteiger charge is 2.52.